The van der Waals surface area contributed by atoms with Crippen molar-refractivity contribution < 1.29 is 23.2 Å². The van der Waals surface area contributed by atoms with Crippen LogP contribution in [0.25, 0.3) is 0 Å². The lowest BCUT2D eigenvalue weighted by Crippen LogP contribution is -2.13. The second-order valence-electron chi connectivity index (χ2n) is 3.33. The van der Waals surface area contributed by atoms with Crippen molar-refractivity contribution in [3.05, 3.63) is 39.9 Å². The van der Waals surface area contributed by atoms with Crippen LogP contribution in [-0.2, 0) is 27.0 Å². The Morgan fingerprint density at radius 1 is 1.33 bits per heavy atom. The highest BCUT2D eigenvalue weighted by Gasteiger charge is 2.08. The van der Waals surface area contributed by atoms with Crippen LogP contribution in [0.3, 0.4) is 0 Å². The molecule has 0 N–H and O–H groups in total. The van der Waals surface area contributed by atoms with Crippen LogP contribution in [0.5, 0.6) is 0 Å². The normalized spacial score (nSPS) is 11.8. The van der Waals surface area contributed by atoms with E-state index in [9.17, 15) is 23.7 Å². The summed E-state index contributed by atoms with van der Waals surface area (Å²) >= 11 is -2.24. The molecule has 1 aromatic carbocycles. The molecule has 0 amide bonds. The fourth-order valence-electron chi connectivity index (χ4n) is 1.18. The number of nitrogens with zero attached hydrogens (tertiary/aromatic N) is 1. The molecule has 0 radical (unpaired) electrons. The monoisotopic (exact) mass is 272 g/mol. The number of nitro benzene ring substituents is 1. The van der Waals surface area contributed by atoms with Crippen molar-refractivity contribution in [3.8, 4) is 0 Å². The van der Waals surface area contributed by atoms with Gasteiger partial charge in [-0.25, -0.2) is 0 Å². The maximum Gasteiger partial charge on any atom is 0.310 e. The molecule has 18 heavy (non-hydrogen) atoms. The summed E-state index contributed by atoms with van der Waals surface area (Å²) in [6.07, 6.45) is -0.0521. The highest BCUT2D eigenvalue weighted by molar-refractivity contribution is 7.79. The van der Waals surface area contributed by atoms with Gasteiger partial charge in [0.25, 0.3) is 5.69 Å². The van der Waals surface area contributed by atoms with Crippen LogP contribution in [-0.4, -0.2) is 32.0 Å². The molecule has 1 atom stereocenters. The number of ether oxygens (including phenoxy) is 1. The van der Waals surface area contributed by atoms with Crippen LogP contribution >= 0.6 is 0 Å². The highest BCUT2D eigenvalue weighted by Crippen LogP contribution is 2.12. The third kappa shape index (κ3) is 5.02. The molecule has 0 aliphatic heterocycles. The Hall–Kier alpha value is -1.80. The summed E-state index contributed by atoms with van der Waals surface area (Å²) in [6, 6.07) is 5.47. The Bertz CT molecular complexity index is 458. The Balaban J connectivity index is 2.44. The van der Waals surface area contributed by atoms with Crippen molar-refractivity contribution in [2.45, 2.75) is 6.42 Å². The van der Waals surface area contributed by atoms with E-state index in [0.29, 0.717) is 5.56 Å². The van der Waals surface area contributed by atoms with Crippen molar-refractivity contribution >= 4 is 22.7 Å². The Morgan fingerprint density at radius 3 is 2.44 bits per heavy atom. The van der Waals surface area contributed by atoms with E-state index in [4.69, 9.17) is 0 Å². The number of non-ortho nitro benzene ring substituents is 1. The summed E-state index contributed by atoms with van der Waals surface area (Å²) < 4.78 is 25.0. The predicted octanol–water partition coefficient (Wildman–Crippen LogP) is 0.560. The van der Waals surface area contributed by atoms with Crippen LogP contribution < -0.4 is 0 Å². The topological polar surface area (TPSA) is 110 Å². The number of hydrogen-bond donors (Lipinski definition) is 0. The molecular formula is C10H10NO6S-. The summed E-state index contributed by atoms with van der Waals surface area (Å²) in [7, 11) is 0. The standard InChI is InChI=1S/C10H11NO6S/c12-10(17-5-6-18(15)16)7-8-1-3-9(4-2-8)11(13)14/h1-4H,5-7H2,(H,15,16)/p-1. The van der Waals surface area contributed by atoms with Crippen molar-refractivity contribution in [2.24, 2.45) is 0 Å². The van der Waals surface area contributed by atoms with Gasteiger partial charge in [-0.15, -0.1) is 0 Å². The molecule has 0 fully saturated rings. The Morgan fingerprint density at radius 2 is 1.94 bits per heavy atom. The van der Waals surface area contributed by atoms with Gasteiger partial charge in [0.1, 0.15) is 6.61 Å². The van der Waals surface area contributed by atoms with Gasteiger partial charge in [-0.3, -0.25) is 19.1 Å². The van der Waals surface area contributed by atoms with Gasteiger partial charge in [0.05, 0.1) is 11.3 Å². The number of carbonyl (C=O) groups excluding carboxylic acids is 1. The molecule has 98 valence electrons. The van der Waals surface area contributed by atoms with Gasteiger partial charge in [0.15, 0.2) is 0 Å². The Labute approximate surface area is 105 Å². The van der Waals surface area contributed by atoms with Crippen molar-refractivity contribution in [3.63, 3.8) is 0 Å². The number of rotatable bonds is 6. The first-order chi connectivity index (χ1) is 8.49. The van der Waals surface area contributed by atoms with Crippen LogP contribution in [0.1, 0.15) is 5.56 Å². The van der Waals surface area contributed by atoms with Gasteiger partial charge in [-0.05, 0) is 5.56 Å². The first-order valence-corrected chi connectivity index (χ1v) is 6.18. The fourth-order valence-corrected chi connectivity index (χ4v) is 1.40. The van der Waals surface area contributed by atoms with E-state index in [1.807, 2.05) is 0 Å². The minimum atomic E-state index is -2.24. The van der Waals surface area contributed by atoms with Crippen LogP contribution in [0, 0.1) is 10.1 Å². The van der Waals surface area contributed by atoms with Crippen LogP contribution in [0.15, 0.2) is 24.3 Å². The van der Waals surface area contributed by atoms with E-state index in [2.05, 4.69) is 4.74 Å². The van der Waals surface area contributed by atoms with Gasteiger partial charge in [-0.1, -0.05) is 23.2 Å². The summed E-state index contributed by atoms with van der Waals surface area (Å²) in [5.41, 5.74) is 0.503. The Kier molecular flexibility index (Phi) is 5.40. The van der Waals surface area contributed by atoms with Crippen LogP contribution in [0.2, 0.25) is 0 Å². The number of benzene rings is 1. The molecule has 7 nitrogen and oxygen atoms in total. The molecule has 0 heterocycles. The first-order valence-electron chi connectivity index (χ1n) is 4.94. The minimum Gasteiger partial charge on any atom is -0.772 e. The summed E-state index contributed by atoms with van der Waals surface area (Å²) in [4.78, 5) is 21.1. The number of carbonyl (C=O) groups is 1. The largest absolute Gasteiger partial charge is 0.772 e. The second kappa shape index (κ2) is 6.82. The maximum atomic E-state index is 11.3. The number of hydrogen-bond acceptors (Lipinski definition) is 6. The van der Waals surface area contributed by atoms with E-state index in [-0.39, 0.29) is 24.5 Å². The molecule has 1 unspecified atom stereocenters. The average Bonchev–Trinajstić information content (AvgIpc) is 2.29. The zero-order chi connectivity index (χ0) is 13.5. The number of esters is 1. The number of nitro groups is 1. The van der Waals surface area contributed by atoms with Gasteiger partial charge >= 0.3 is 5.97 Å². The van der Waals surface area contributed by atoms with E-state index in [1.165, 1.54) is 24.3 Å². The molecule has 0 bridgehead atoms. The SMILES string of the molecule is O=C(Cc1ccc([N+](=O)[O-])cc1)OCCS(=O)[O-]. The van der Waals surface area contributed by atoms with Crippen molar-refractivity contribution in [2.75, 3.05) is 12.4 Å². The smallest absolute Gasteiger partial charge is 0.310 e. The molecule has 0 aliphatic carbocycles. The third-order valence-corrected chi connectivity index (χ3v) is 2.51. The van der Waals surface area contributed by atoms with Crippen molar-refractivity contribution in [1.82, 2.24) is 0 Å². The molecule has 1 aromatic rings. The van der Waals surface area contributed by atoms with Gasteiger partial charge < -0.3 is 9.29 Å². The molecule has 0 aromatic heterocycles. The average molecular weight is 272 g/mol. The molecule has 0 aliphatic rings. The molecular weight excluding hydrogens is 262 g/mol. The van der Waals surface area contributed by atoms with Gasteiger partial charge in [-0.2, -0.15) is 0 Å². The minimum absolute atomic E-state index is 0.0521. The molecule has 1 rings (SSSR count). The van der Waals surface area contributed by atoms with E-state index in [0.717, 1.165) is 0 Å². The summed E-state index contributed by atoms with van der Waals surface area (Å²) in [5, 5.41) is 10.4. The highest BCUT2D eigenvalue weighted by atomic mass is 32.2. The van der Waals surface area contributed by atoms with E-state index >= 15 is 0 Å². The second-order valence-corrected chi connectivity index (χ2v) is 4.34. The maximum absolute atomic E-state index is 11.3. The molecule has 0 spiro atoms. The quantitative estimate of drug-likeness (QED) is 0.324. The van der Waals surface area contributed by atoms with E-state index < -0.39 is 22.0 Å². The molecule has 0 saturated carbocycles. The lowest BCUT2D eigenvalue weighted by Gasteiger charge is -2.06. The lowest BCUT2D eigenvalue weighted by molar-refractivity contribution is -0.384. The fraction of sp³-hybridized carbons (Fsp3) is 0.300. The van der Waals surface area contributed by atoms with Crippen molar-refractivity contribution in [1.29, 1.82) is 0 Å². The zero-order valence-corrected chi connectivity index (χ0v) is 10.1. The molecule has 0 saturated heterocycles. The van der Waals surface area contributed by atoms with Gasteiger partial charge in [0.2, 0.25) is 0 Å². The molecule has 8 heteroatoms. The lowest BCUT2D eigenvalue weighted by atomic mass is 10.1. The predicted molar refractivity (Wildman–Crippen MR) is 61.5 cm³/mol. The summed E-state index contributed by atoms with van der Waals surface area (Å²) in [6.45, 7) is -0.193. The van der Waals surface area contributed by atoms with Gasteiger partial charge in [0, 0.05) is 17.9 Å². The van der Waals surface area contributed by atoms with Crippen LogP contribution in [0.4, 0.5) is 5.69 Å². The first kappa shape index (κ1) is 14.3. The summed E-state index contributed by atoms with van der Waals surface area (Å²) in [5.74, 6) is -0.819. The third-order valence-electron chi connectivity index (χ3n) is 2.01. The zero-order valence-electron chi connectivity index (χ0n) is 9.24. The van der Waals surface area contributed by atoms with E-state index in [1.54, 1.807) is 0 Å².